The first-order valence-electron chi connectivity index (χ1n) is 11.1. The monoisotopic (exact) mass is 378 g/mol. The van der Waals surface area contributed by atoms with Gasteiger partial charge in [-0.15, -0.1) is 0 Å². The van der Waals surface area contributed by atoms with E-state index in [-0.39, 0.29) is 5.92 Å². The van der Waals surface area contributed by atoms with Gasteiger partial charge in [0.1, 0.15) is 5.78 Å². The average molecular weight is 379 g/mol. The van der Waals surface area contributed by atoms with Crippen molar-refractivity contribution < 1.29 is 4.79 Å². The van der Waals surface area contributed by atoms with E-state index in [4.69, 9.17) is 0 Å². The van der Waals surface area contributed by atoms with Gasteiger partial charge in [-0.2, -0.15) is 10.2 Å². The molecule has 0 N–H and O–H groups in total. The number of hydrogen-bond donors (Lipinski definition) is 0. The van der Waals surface area contributed by atoms with Gasteiger partial charge in [0.25, 0.3) is 0 Å². The molecule has 1 heterocycles. The fraction of sp³-hybridized carbons (Fsp3) is 0.640. The van der Waals surface area contributed by atoms with Crippen LogP contribution in [0.25, 0.3) is 0 Å². The van der Waals surface area contributed by atoms with Gasteiger partial charge in [-0.3, -0.25) is 4.79 Å². The summed E-state index contributed by atoms with van der Waals surface area (Å²) in [4.78, 5) is 12.0. The molecular formula is C25H34N2O. The van der Waals surface area contributed by atoms with Crippen molar-refractivity contribution in [2.75, 3.05) is 0 Å². The van der Waals surface area contributed by atoms with Crippen LogP contribution in [0.3, 0.4) is 0 Å². The normalized spacial score (nSPS) is 31.2. The van der Waals surface area contributed by atoms with E-state index in [1.54, 1.807) is 0 Å². The van der Waals surface area contributed by atoms with Gasteiger partial charge in [-0.1, -0.05) is 52.0 Å². The summed E-state index contributed by atoms with van der Waals surface area (Å²) in [5.41, 5.74) is 4.72. The first-order chi connectivity index (χ1) is 13.3. The third kappa shape index (κ3) is 3.49. The molecule has 2 saturated carbocycles. The molecule has 0 amide bonds. The highest BCUT2D eigenvalue weighted by molar-refractivity contribution is 6.07. The molecule has 2 bridgehead atoms. The standard InChI is InChI=1S/C25H34N2O/c1-14(2)10-19-12-20-13-21(19)23-16(5)26-27-25(24(20)23)18-8-6-17(7-9-18)11-22(28)15(3)4/h6-9,14-15,19-21,23-24H,10-13H2,1-5H3. The fourth-order valence-electron chi connectivity index (χ4n) is 6.05. The third-order valence-electron chi connectivity index (χ3n) is 7.30. The van der Waals surface area contributed by atoms with Crippen LogP contribution in [0, 0.1) is 41.4 Å². The highest BCUT2D eigenvalue weighted by Crippen LogP contribution is 2.58. The molecule has 2 aliphatic carbocycles. The second kappa shape index (κ2) is 7.57. The zero-order valence-electron chi connectivity index (χ0n) is 18.0. The van der Waals surface area contributed by atoms with Gasteiger partial charge in [0.2, 0.25) is 0 Å². The van der Waals surface area contributed by atoms with Crippen molar-refractivity contribution in [3.8, 4) is 0 Å². The Hall–Kier alpha value is -1.77. The number of nitrogens with zero attached hydrogens (tertiary/aromatic N) is 2. The lowest BCUT2D eigenvalue weighted by molar-refractivity contribution is -0.121. The summed E-state index contributed by atoms with van der Waals surface area (Å²) in [6.45, 7) is 10.8. The molecule has 5 atom stereocenters. The molecule has 0 aromatic heterocycles. The van der Waals surface area contributed by atoms with E-state index in [0.717, 1.165) is 29.2 Å². The maximum absolute atomic E-state index is 12.0. The minimum absolute atomic E-state index is 0.0910. The Morgan fingerprint density at radius 2 is 1.75 bits per heavy atom. The lowest BCUT2D eigenvalue weighted by Gasteiger charge is -2.38. The number of fused-ring (bicyclic) bond motifs is 5. The molecule has 5 unspecified atom stereocenters. The summed E-state index contributed by atoms with van der Waals surface area (Å²) in [7, 11) is 0. The van der Waals surface area contributed by atoms with E-state index in [0.29, 0.717) is 24.0 Å². The molecule has 4 rings (SSSR count). The zero-order valence-corrected chi connectivity index (χ0v) is 18.0. The van der Waals surface area contributed by atoms with Gasteiger partial charge >= 0.3 is 0 Å². The molecule has 0 radical (unpaired) electrons. The van der Waals surface area contributed by atoms with Gasteiger partial charge in [0.15, 0.2) is 0 Å². The first-order valence-corrected chi connectivity index (χ1v) is 11.1. The molecule has 1 aliphatic heterocycles. The molecule has 3 nitrogen and oxygen atoms in total. The van der Waals surface area contributed by atoms with E-state index in [9.17, 15) is 4.79 Å². The minimum atomic E-state index is 0.0910. The largest absolute Gasteiger partial charge is 0.299 e. The lowest BCUT2D eigenvalue weighted by atomic mass is 9.67. The predicted octanol–water partition coefficient (Wildman–Crippen LogP) is 5.57. The van der Waals surface area contributed by atoms with Crippen LogP contribution in [0.4, 0.5) is 0 Å². The molecule has 150 valence electrons. The summed E-state index contributed by atoms with van der Waals surface area (Å²) < 4.78 is 0. The Morgan fingerprint density at radius 1 is 1.04 bits per heavy atom. The predicted molar refractivity (Wildman–Crippen MR) is 116 cm³/mol. The Balaban J connectivity index is 1.55. The van der Waals surface area contributed by atoms with Crippen LogP contribution < -0.4 is 0 Å². The van der Waals surface area contributed by atoms with Crippen LogP contribution in [0.5, 0.6) is 0 Å². The van der Waals surface area contributed by atoms with Crippen molar-refractivity contribution in [2.24, 2.45) is 51.6 Å². The molecule has 3 aliphatic rings. The fourth-order valence-corrected chi connectivity index (χ4v) is 6.05. The van der Waals surface area contributed by atoms with Gasteiger partial charge in [-0.05, 0) is 61.0 Å². The Bertz CT molecular complexity index is 802. The minimum Gasteiger partial charge on any atom is -0.299 e. The molecular weight excluding hydrogens is 344 g/mol. The van der Waals surface area contributed by atoms with Crippen molar-refractivity contribution in [2.45, 2.75) is 60.3 Å². The van der Waals surface area contributed by atoms with E-state index >= 15 is 0 Å². The van der Waals surface area contributed by atoms with Gasteiger partial charge in [0, 0.05) is 29.9 Å². The highest BCUT2D eigenvalue weighted by atomic mass is 16.1. The maximum atomic E-state index is 12.0. The smallest absolute Gasteiger partial charge is 0.139 e. The average Bonchev–Trinajstić information content (AvgIpc) is 3.21. The Morgan fingerprint density at radius 3 is 2.39 bits per heavy atom. The van der Waals surface area contributed by atoms with E-state index in [1.807, 2.05) is 13.8 Å². The molecule has 2 fully saturated rings. The summed E-state index contributed by atoms with van der Waals surface area (Å²) >= 11 is 0. The number of carbonyl (C=O) groups is 1. The zero-order chi connectivity index (χ0) is 20.0. The summed E-state index contributed by atoms with van der Waals surface area (Å²) in [6.07, 6.45) is 4.58. The van der Waals surface area contributed by atoms with Crippen LogP contribution in [0.2, 0.25) is 0 Å². The summed E-state index contributed by atoms with van der Waals surface area (Å²) in [6, 6.07) is 8.53. The number of hydrogen-bond acceptors (Lipinski definition) is 3. The first kappa shape index (κ1) is 19.5. The molecule has 3 heteroatoms. The van der Waals surface area contributed by atoms with Gasteiger partial charge in [0.05, 0.1) is 5.71 Å². The number of rotatable bonds is 6. The van der Waals surface area contributed by atoms with Crippen LogP contribution in [-0.4, -0.2) is 17.2 Å². The second-order valence-corrected chi connectivity index (χ2v) is 10.1. The van der Waals surface area contributed by atoms with Crippen molar-refractivity contribution in [1.82, 2.24) is 0 Å². The Labute approximate surface area is 169 Å². The number of Topliss-reactive ketones (excluding diaryl/α,β-unsaturated/α-hetero) is 1. The lowest BCUT2D eigenvalue weighted by Crippen LogP contribution is -2.39. The molecule has 0 saturated heterocycles. The molecule has 1 aromatic rings. The molecule has 0 spiro atoms. The van der Waals surface area contributed by atoms with Crippen molar-refractivity contribution in [3.05, 3.63) is 35.4 Å². The summed E-state index contributed by atoms with van der Waals surface area (Å²) in [5, 5.41) is 9.29. The molecule has 1 aromatic carbocycles. The van der Waals surface area contributed by atoms with Gasteiger partial charge in [-0.25, -0.2) is 0 Å². The highest BCUT2D eigenvalue weighted by Gasteiger charge is 2.55. The second-order valence-electron chi connectivity index (χ2n) is 10.1. The summed E-state index contributed by atoms with van der Waals surface area (Å²) in [5.74, 6) is 4.68. The SMILES string of the molecule is CC1=NN=C(c2ccc(CC(=O)C(C)C)cc2)C2C3CC(CC(C)C)C(C3)C12. The number of ketones is 1. The van der Waals surface area contributed by atoms with Crippen LogP contribution in [0.1, 0.15) is 65.0 Å². The number of benzene rings is 1. The third-order valence-corrected chi connectivity index (χ3v) is 7.30. The van der Waals surface area contributed by atoms with E-state index in [2.05, 4.69) is 55.2 Å². The topological polar surface area (TPSA) is 41.8 Å². The van der Waals surface area contributed by atoms with Crippen LogP contribution in [0.15, 0.2) is 34.5 Å². The van der Waals surface area contributed by atoms with E-state index < -0.39 is 0 Å². The maximum Gasteiger partial charge on any atom is 0.139 e. The van der Waals surface area contributed by atoms with Crippen molar-refractivity contribution in [1.29, 1.82) is 0 Å². The van der Waals surface area contributed by atoms with Crippen LogP contribution in [-0.2, 0) is 11.2 Å². The Kier molecular flexibility index (Phi) is 5.28. The number of carbonyl (C=O) groups excluding carboxylic acids is 1. The molecule has 28 heavy (non-hydrogen) atoms. The van der Waals surface area contributed by atoms with Crippen LogP contribution >= 0.6 is 0 Å². The van der Waals surface area contributed by atoms with Crippen molar-refractivity contribution >= 4 is 17.2 Å². The van der Waals surface area contributed by atoms with Gasteiger partial charge < -0.3 is 0 Å². The quantitative estimate of drug-likeness (QED) is 0.638. The van der Waals surface area contributed by atoms with Crippen molar-refractivity contribution in [3.63, 3.8) is 0 Å². The van der Waals surface area contributed by atoms with E-state index in [1.165, 1.54) is 36.2 Å².